The summed E-state index contributed by atoms with van der Waals surface area (Å²) in [6, 6.07) is 0. The molecule has 0 aliphatic carbocycles. The summed E-state index contributed by atoms with van der Waals surface area (Å²) in [6.07, 6.45) is 4.64. The van der Waals surface area contributed by atoms with Crippen molar-refractivity contribution in [2.75, 3.05) is 5.75 Å². The summed E-state index contributed by atoms with van der Waals surface area (Å²) in [4.78, 5) is 10.6. The summed E-state index contributed by atoms with van der Waals surface area (Å²) >= 11 is 0. The maximum absolute atomic E-state index is 10.6. The van der Waals surface area contributed by atoms with E-state index >= 15 is 0 Å². The van der Waals surface area contributed by atoms with Crippen molar-refractivity contribution in [2.45, 2.75) is 45.4 Å². The molecule has 1 N–H and O–H groups in total. The fourth-order valence-corrected chi connectivity index (χ4v) is 1.76. The molecule has 0 atom stereocenters. The lowest BCUT2D eigenvalue weighted by Gasteiger charge is -1.99. The number of carbonyl (C=O) groups excluding carboxylic acids is 1. The molecule has 0 aromatic rings. The molecule has 0 aromatic carbocycles. The Morgan fingerprint density at radius 2 is 1.57 bits per heavy atom. The molecule has 0 unspecified atom stereocenters. The first-order valence-electron chi connectivity index (χ1n) is 4.86. The third-order valence-corrected chi connectivity index (χ3v) is 2.74. The standard InChI is InChI=1S/C9H18O4S/c1-9(10)7-5-3-2-4-6-8-14(11,12)13/h2-8H2,1H3,(H,11,12,13). The molecule has 0 amide bonds. The summed E-state index contributed by atoms with van der Waals surface area (Å²) < 4.78 is 29.1. The van der Waals surface area contributed by atoms with E-state index in [4.69, 9.17) is 4.55 Å². The maximum Gasteiger partial charge on any atom is 0.264 e. The van der Waals surface area contributed by atoms with Crippen LogP contribution in [0.2, 0.25) is 0 Å². The summed E-state index contributed by atoms with van der Waals surface area (Å²) in [6.45, 7) is 1.57. The van der Waals surface area contributed by atoms with Crippen molar-refractivity contribution in [3.8, 4) is 0 Å². The highest BCUT2D eigenvalue weighted by Crippen LogP contribution is 2.06. The summed E-state index contributed by atoms with van der Waals surface area (Å²) in [5.41, 5.74) is 0. The number of carbonyl (C=O) groups is 1. The Morgan fingerprint density at radius 1 is 1.07 bits per heavy atom. The lowest BCUT2D eigenvalue weighted by Crippen LogP contribution is -2.03. The van der Waals surface area contributed by atoms with Gasteiger partial charge in [0.15, 0.2) is 0 Å². The van der Waals surface area contributed by atoms with Gasteiger partial charge in [0.1, 0.15) is 5.78 Å². The van der Waals surface area contributed by atoms with Gasteiger partial charge >= 0.3 is 0 Å². The largest absolute Gasteiger partial charge is 0.300 e. The number of hydrogen-bond donors (Lipinski definition) is 1. The van der Waals surface area contributed by atoms with Crippen molar-refractivity contribution in [3.05, 3.63) is 0 Å². The third kappa shape index (κ3) is 11.6. The molecule has 0 saturated carbocycles. The summed E-state index contributed by atoms with van der Waals surface area (Å²) in [5.74, 6) is 0.0441. The Labute approximate surface area is 85.4 Å². The molecular formula is C9H18O4S. The summed E-state index contributed by atoms with van der Waals surface area (Å²) in [5, 5.41) is 0. The number of hydrogen-bond acceptors (Lipinski definition) is 3. The Hall–Kier alpha value is -0.420. The number of unbranched alkanes of at least 4 members (excludes halogenated alkanes) is 4. The Kier molecular flexibility index (Phi) is 6.74. The fourth-order valence-electron chi connectivity index (χ4n) is 1.19. The van der Waals surface area contributed by atoms with E-state index in [1.54, 1.807) is 6.92 Å². The predicted octanol–water partition coefficient (Wildman–Crippen LogP) is 1.80. The van der Waals surface area contributed by atoms with Gasteiger partial charge in [0.2, 0.25) is 0 Å². The number of ketones is 1. The Bertz CT molecular complexity index is 256. The van der Waals surface area contributed by atoms with Gasteiger partial charge in [-0.2, -0.15) is 8.42 Å². The highest BCUT2D eigenvalue weighted by molar-refractivity contribution is 7.85. The van der Waals surface area contributed by atoms with Gasteiger partial charge in [-0.1, -0.05) is 19.3 Å². The van der Waals surface area contributed by atoms with Crippen LogP contribution in [-0.2, 0) is 14.9 Å². The van der Waals surface area contributed by atoms with E-state index < -0.39 is 10.1 Å². The lowest BCUT2D eigenvalue weighted by molar-refractivity contribution is -0.117. The zero-order chi connectivity index (χ0) is 11.0. The molecule has 14 heavy (non-hydrogen) atoms. The zero-order valence-electron chi connectivity index (χ0n) is 8.53. The lowest BCUT2D eigenvalue weighted by atomic mass is 10.1. The molecular weight excluding hydrogens is 204 g/mol. The van der Waals surface area contributed by atoms with Crippen LogP contribution < -0.4 is 0 Å². The Morgan fingerprint density at radius 3 is 2.07 bits per heavy atom. The first kappa shape index (κ1) is 13.6. The first-order chi connectivity index (χ1) is 6.42. The molecule has 0 aromatic heterocycles. The van der Waals surface area contributed by atoms with Crippen LogP contribution in [0, 0.1) is 0 Å². The van der Waals surface area contributed by atoms with Gasteiger partial charge in [0, 0.05) is 6.42 Å². The van der Waals surface area contributed by atoms with Crippen LogP contribution in [0.4, 0.5) is 0 Å². The SMILES string of the molecule is CC(=O)CCCCCCCS(=O)(=O)O. The molecule has 0 rings (SSSR count). The van der Waals surface area contributed by atoms with E-state index in [2.05, 4.69) is 0 Å². The van der Waals surface area contributed by atoms with Gasteiger partial charge in [0.25, 0.3) is 10.1 Å². The molecule has 0 spiro atoms. The molecule has 4 nitrogen and oxygen atoms in total. The summed E-state index contributed by atoms with van der Waals surface area (Å²) in [7, 11) is -3.78. The van der Waals surface area contributed by atoms with Gasteiger partial charge in [-0.25, -0.2) is 0 Å². The predicted molar refractivity (Wildman–Crippen MR) is 54.8 cm³/mol. The maximum atomic E-state index is 10.6. The van der Waals surface area contributed by atoms with Gasteiger partial charge in [-0.05, 0) is 19.8 Å². The van der Waals surface area contributed by atoms with Crippen LogP contribution in [0.15, 0.2) is 0 Å². The third-order valence-electron chi connectivity index (χ3n) is 1.93. The van der Waals surface area contributed by atoms with Crippen LogP contribution in [0.1, 0.15) is 45.4 Å². The first-order valence-corrected chi connectivity index (χ1v) is 6.47. The number of Topliss-reactive ketones (excluding diaryl/α,β-unsaturated/α-hetero) is 1. The molecule has 0 saturated heterocycles. The minimum Gasteiger partial charge on any atom is -0.300 e. The molecule has 0 radical (unpaired) electrons. The quantitative estimate of drug-likeness (QED) is 0.502. The second-order valence-corrected chi connectivity index (χ2v) is 5.08. The van der Waals surface area contributed by atoms with Crippen LogP contribution >= 0.6 is 0 Å². The minimum absolute atomic E-state index is 0.153. The highest BCUT2D eigenvalue weighted by Gasteiger charge is 2.02. The van der Waals surface area contributed by atoms with Crippen LogP contribution in [0.5, 0.6) is 0 Å². The van der Waals surface area contributed by atoms with Crippen molar-refractivity contribution in [2.24, 2.45) is 0 Å². The van der Waals surface area contributed by atoms with Gasteiger partial charge < -0.3 is 4.79 Å². The van der Waals surface area contributed by atoms with E-state index in [1.807, 2.05) is 0 Å². The molecule has 0 aliphatic heterocycles. The zero-order valence-corrected chi connectivity index (χ0v) is 9.35. The van der Waals surface area contributed by atoms with Crippen molar-refractivity contribution >= 4 is 15.9 Å². The van der Waals surface area contributed by atoms with E-state index in [1.165, 1.54) is 0 Å². The van der Waals surface area contributed by atoms with E-state index in [9.17, 15) is 13.2 Å². The topological polar surface area (TPSA) is 71.4 Å². The van der Waals surface area contributed by atoms with E-state index in [0.29, 0.717) is 12.8 Å². The number of rotatable bonds is 8. The average Bonchev–Trinajstić information content (AvgIpc) is 2.00. The molecule has 5 heteroatoms. The van der Waals surface area contributed by atoms with Crippen molar-refractivity contribution < 1.29 is 17.8 Å². The fraction of sp³-hybridized carbons (Fsp3) is 0.889. The second kappa shape index (κ2) is 6.95. The van der Waals surface area contributed by atoms with Crippen molar-refractivity contribution in [1.29, 1.82) is 0 Å². The second-order valence-electron chi connectivity index (χ2n) is 3.51. The van der Waals surface area contributed by atoms with Crippen LogP contribution in [0.25, 0.3) is 0 Å². The van der Waals surface area contributed by atoms with Crippen LogP contribution in [0.3, 0.4) is 0 Å². The minimum atomic E-state index is -3.78. The molecule has 0 bridgehead atoms. The average molecular weight is 222 g/mol. The van der Waals surface area contributed by atoms with Crippen molar-refractivity contribution in [1.82, 2.24) is 0 Å². The van der Waals surface area contributed by atoms with Gasteiger partial charge in [0.05, 0.1) is 5.75 Å². The van der Waals surface area contributed by atoms with Crippen LogP contribution in [-0.4, -0.2) is 24.5 Å². The van der Waals surface area contributed by atoms with Crippen molar-refractivity contribution in [3.63, 3.8) is 0 Å². The molecule has 0 fully saturated rings. The monoisotopic (exact) mass is 222 g/mol. The normalized spacial score (nSPS) is 11.6. The molecule has 0 heterocycles. The molecule has 84 valence electrons. The van der Waals surface area contributed by atoms with Gasteiger partial charge in [-0.15, -0.1) is 0 Å². The highest BCUT2D eigenvalue weighted by atomic mass is 32.2. The smallest absolute Gasteiger partial charge is 0.264 e. The van der Waals surface area contributed by atoms with Gasteiger partial charge in [-0.3, -0.25) is 4.55 Å². The van der Waals surface area contributed by atoms with E-state index in [0.717, 1.165) is 25.7 Å². The molecule has 0 aliphatic rings. The van der Waals surface area contributed by atoms with E-state index in [-0.39, 0.29) is 11.5 Å². The Balaban J connectivity index is 3.19.